The Morgan fingerprint density at radius 3 is 2.92 bits per heavy atom. The number of rotatable bonds is 5. The van der Waals surface area contributed by atoms with Crippen molar-refractivity contribution in [2.24, 2.45) is 0 Å². The van der Waals surface area contributed by atoms with Crippen molar-refractivity contribution in [2.75, 3.05) is 6.54 Å². The second kappa shape index (κ2) is 6.70. The van der Waals surface area contributed by atoms with Gasteiger partial charge in [0.25, 0.3) is 5.56 Å². The zero-order valence-corrected chi connectivity index (χ0v) is 13.7. The third-order valence-electron chi connectivity index (χ3n) is 4.07. The molecule has 0 aliphatic rings. The number of para-hydroxylation sites is 1. The number of H-pyrrole nitrogens is 1. The van der Waals surface area contributed by atoms with Gasteiger partial charge in [0.2, 0.25) is 5.91 Å². The summed E-state index contributed by atoms with van der Waals surface area (Å²) in [4.78, 5) is 27.3. The summed E-state index contributed by atoms with van der Waals surface area (Å²) in [6, 6.07) is 10.5. The zero-order chi connectivity index (χ0) is 17.1. The van der Waals surface area contributed by atoms with Gasteiger partial charge in [0.1, 0.15) is 6.04 Å². The van der Waals surface area contributed by atoms with Gasteiger partial charge in [0, 0.05) is 29.7 Å². The van der Waals surface area contributed by atoms with Crippen LogP contribution in [0.3, 0.4) is 0 Å². The van der Waals surface area contributed by atoms with E-state index in [1.54, 1.807) is 19.9 Å². The Labute approximate surface area is 139 Å². The number of aromatic amines is 1. The smallest absolute Gasteiger partial charge is 0.267 e. The van der Waals surface area contributed by atoms with Crippen LogP contribution in [0.2, 0.25) is 0 Å². The quantitative estimate of drug-likeness (QED) is 0.753. The van der Waals surface area contributed by atoms with Gasteiger partial charge in [0.05, 0.1) is 5.69 Å². The van der Waals surface area contributed by atoms with E-state index >= 15 is 0 Å². The first-order valence-corrected chi connectivity index (χ1v) is 7.95. The van der Waals surface area contributed by atoms with E-state index in [-0.39, 0.29) is 11.5 Å². The number of nitrogens with one attached hydrogen (secondary N) is 2. The molecule has 0 unspecified atom stereocenters. The molecule has 2 heterocycles. The fourth-order valence-corrected chi connectivity index (χ4v) is 2.72. The highest BCUT2D eigenvalue weighted by Gasteiger charge is 2.17. The van der Waals surface area contributed by atoms with Crippen LogP contribution in [0.15, 0.2) is 47.4 Å². The summed E-state index contributed by atoms with van der Waals surface area (Å²) in [6.07, 6.45) is 2.69. The van der Waals surface area contributed by atoms with Crippen LogP contribution in [0.4, 0.5) is 0 Å². The minimum absolute atomic E-state index is 0.213. The molecule has 2 N–H and O–H groups in total. The lowest BCUT2D eigenvalue weighted by atomic mass is 10.1. The molecular formula is C18H20N4O2. The Bertz CT molecular complexity index is 926. The minimum Gasteiger partial charge on any atom is -0.361 e. The van der Waals surface area contributed by atoms with E-state index in [1.165, 1.54) is 10.7 Å². The summed E-state index contributed by atoms with van der Waals surface area (Å²) in [5.41, 5.74) is 2.67. The molecule has 124 valence electrons. The maximum atomic E-state index is 12.3. The average molecular weight is 324 g/mol. The summed E-state index contributed by atoms with van der Waals surface area (Å²) in [5.74, 6) is -0.213. The highest BCUT2D eigenvalue weighted by Crippen LogP contribution is 2.17. The van der Waals surface area contributed by atoms with Crippen LogP contribution in [-0.4, -0.2) is 27.2 Å². The Balaban J connectivity index is 1.63. The van der Waals surface area contributed by atoms with Crippen molar-refractivity contribution in [1.82, 2.24) is 20.1 Å². The number of benzene rings is 1. The number of fused-ring (bicyclic) bond motifs is 1. The Hall–Kier alpha value is -2.89. The maximum absolute atomic E-state index is 12.3. The molecule has 0 bridgehead atoms. The second-order valence-corrected chi connectivity index (χ2v) is 5.83. The van der Waals surface area contributed by atoms with Gasteiger partial charge < -0.3 is 10.3 Å². The molecule has 0 aliphatic heterocycles. The summed E-state index contributed by atoms with van der Waals surface area (Å²) >= 11 is 0. The van der Waals surface area contributed by atoms with Gasteiger partial charge in [-0.05, 0) is 38.0 Å². The standard InChI is InChI=1S/C18H20N4O2/c1-12-7-8-17(23)22(21-12)13(2)18(24)19-10-9-14-11-20-16-6-4-3-5-15(14)16/h3-8,11,13,20H,9-10H2,1-2H3,(H,19,24)/t13-/m1/s1. The first-order valence-electron chi connectivity index (χ1n) is 7.95. The fraction of sp³-hybridized carbons (Fsp3) is 0.278. The number of carbonyl (C=O) groups is 1. The van der Waals surface area contributed by atoms with Crippen molar-refractivity contribution in [3.63, 3.8) is 0 Å². The van der Waals surface area contributed by atoms with Crippen molar-refractivity contribution in [3.05, 3.63) is 64.2 Å². The predicted molar refractivity (Wildman–Crippen MR) is 93.0 cm³/mol. The zero-order valence-electron chi connectivity index (χ0n) is 13.7. The highest BCUT2D eigenvalue weighted by atomic mass is 16.2. The van der Waals surface area contributed by atoms with E-state index in [4.69, 9.17) is 0 Å². The molecule has 6 heteroatoms. The molecule has 3 aromatic rings. The summed E-state index contributed by atoms with van der Waals surface area (Å²) < 4.78 is 1.22. The Morgan fingerprint density at radius 2 is 2.08 bits per heavy atom. The molecule has 1 amide bonds. The van der Waals surface area contributed by atoms with Gasteiger partial charge in [-0.3, -0.25) is 9.59 Å². The molecule has 6 nitrogen and oxygen atoms in total. The molecule has 1 aromatic carbocycles. The van der Waals surface area contributed by atoms with Crippen LogP contribution in [0.5, 0.6) is 0 Å². The molecule has 0 saturated carbocycles. The molecule has 24 heavy (non-hydrogen) atoms. The monoisotopic (exact) mass is 324 g/mol. The molecule has 2 aromatic heterocycles. The van der Waals surface area contributed by atoms with E-state index in [0.29, 0.717) is 12.2 Å². The van der Waals surface area contributed by atoms with E-state index < -0.39 is 6.04 Å². The van der Waals surface area contributed by atoms with Crippen molar-refractivity contribution < 1.29 is 4.79 Å². The van der Waals surface area contributed by atoms with Gasteiger partial charge >= 0.3 is 0 Å². The number of hydrogen-bond acceptors (Lipinski definition) is 3. The van der Waals surface area contributed by atoms with Crippen molar-refractivity contribution in [3.8, 4) is 0 Å². The number of amides is 1. The fourth-order valence-electron chi connectivity index (χ4n) is 2.72. The van der Waals surface area contributed by atoms with Crippen LogP contribution in [0, 0.1) is 6.92 Å². The number of hydrogen-bond donors (Lipinski definition) is 2. The van der Waals surface area contributed by atoms with Crippen LogP contribution in [-0.2, 0) is 11.2 Å². The normalized spacial score (nSPS) is 12.2. The van der Waals surface area contributed by atoms with Crippen molar-refractivity contribution in [1.29, 1.82) is 0 Å². The lowest BCUT2D eigenvalue weighted by Gasteiger charge is -2.14. The molecule has 0 aliphatic carbocycles. The third-order valence-corrected chi connectivity index (χ3v) is 4.07. The van der Waals surface area contributed by atoms with Crippen LogP contribution >= 0.6 is 0 Å². The number of aryl methyl sites for hydroxylation is 1. The van der Waals surface area contributed by atoms with Gasteiger partial charge in [-0.15, -0.1) is 0 Å². The average Bonchev–Trinajstić information content (AvgIpc) is 2.99. The van der Waals surface area contributed by atoms with Crippen LogP contribution in [0.25, 0.3) is 10.9 Å². The molecule has 0 radical (unpaired) electrons. The third kappa shape index (κ3) is 3.22. The topological polar surface area (TPSA) is 79.8 Å². The summed E-state index contributed by atoms with van der Waals surface area (Å²) in [6.45, 7) is 3.97. The molecule has 3 rings (SSSR count). The van der Waals surface area contributed by atoms with E-state index in [9.17, 15) is 9.59 Å². The first-order chi connectivity index (χ1) is 11.6. The molecule has 0 fully saturated rings. The molecule has 0 spiro atoms. The van der Waals surface area contributed by atoms with Crippen LogP contribution in [0.1, 0.15) is 24.2 Å². The van der Waals surface area contributed by atoms with E-state index in [2.05, 4.69) is 21.5 Å². The van der Waals surface area contributed by atoms with Gasteiger partial charge in [-0.25, -0.2) is 4.68 Å². The van der Waals surface area contributed by atoms with Gasteiger partial charge in [-0.1, -0.05) is 18.2 Å². The molecule has 0 saturated heterocycles. The lowest BCUT2D eigenvalue weighted by Crippen LogP contribution is -2.37. The minimum atomic E-state index is -0.639. The van der Waals surface area contributed by atoms with Gasteiger partial charge in [-0.2, -0.15) is 5.10 Å². The maximum Gasteiger partial charge on any atom is 0.267 e. The van der Waals surface area contributed by atoms with E-state index in [0.717, 1.165) is 22.9 Å². The van der Waals surface area contributed by atoms with Crippen molar-refractivity contribution in [2.45, 2.75) is 26.3 Å². The Morgan fingerprint density at radius 1 is 1.29 bits per heavy atom. The SMILES string of the molecule is Cc1ccc(=O)n([C@H](C)C(=O)NCCc2c[nH]c3ccccc23)n1. The number of nitrogens with zero attached hydrogens (tertiary/aromatic N) is 2. The molecular weight excluding hydrogens is 304 g/mol. The summed E-state index contributed by atoms with van der Waals surface area (Å²) in [7, 11) is 0. The van der Waals surface area contributed by atoms with Crippen LogP contribution < -0.4 is 10.9 Å². The highest BCUT2D eigenvalue weighted by molar-refractivity contribution is 5.83. The van der Waals surface area contributed by atoms with Crippen molar-refractivity contribution >= 4 is 16.8 Å². The largest absolute Gasteiger partial charge is 0.361 e. The summed E-state index contributed by atoms with van der Waals surface area (Å²) in [5, 5.41) is 8.17. The second-order valence-electron chi connectivity index (χ2n) is 5.83. The van der Waals surface area contributed by atoms with Gasteiger partial charge in [0.15, 0.2) is 0 Å². The number of aromatic nitrogens is 3. The van der Waals surface area contributed by atoms with E-state index in [1.807, 2.05) is 24.4 Å². The lowest BCUT2D eigenvalue weighted by molar-refractivity contribution is -0.124. The Kier molecular flexibility index (Phi) is 4.46. The molecule has 1 atom stereocenters. The first kappa shape index (κ1) is 16.0. The predicted octanol–water partition coefficient (Wildman–Crippen LogP) is 1.95. The number of carbonyl (C=O) groups excluding carboxylic acids is 1.